The molecule has 1 N–H and O–H groups in total. The number of nitrogens with zero attached hydrogens (tertiary/aromatic N) is 4. The fourth-order valence-corrected chi connectivity index (χ4v) is 6.66. The highest BCUT2D eigenvalue weighted by Crippen LogP contribution is 2.44. The lowest BCUT2D eigenvalue weighted by atomic mass is 9.82. The van der Waals surface area contributed by atoms with Gasteiger partial charge < -0.3 is 19.5 Å². The molecule has 0 atom stereocenters. The summed E-state index contributed by atoms with van der Waals surface area (Å²) in [5.41, 5.74) is 4.78. The first kappa shape index (κ1) is 23.0. The van der Waals surface area contributed by atoms with Crippen LogP contribution in [0.5, 0.6) is 0 Å². The molecule has 6 rings (SSSR count). The molecule has 1 saturated heterocycles. The number of amides is 2. The van der Waals surface area contributed by atoms with E-state index in [1.807, 2.05) is 16.5 Å². The van der Waals surface area contributed by atoms with E-state index in [-0.39, 0.29) is 30.5 Å². The summed E-state index contributed by atoms with van der Waals surface area (Å²) in [6.45, 7) is 1.22. The molecular weight excluding hydrogens is 440 g/mol. The van der Waals surface area contributed by atoms with Crippen LogP contribution >= 0.6 is 0 Å². The average Bonchev–Trinajstić information content (AvgIpc) is 3.68. The molecule has 7 nitrogen and oxygen atoms in total. The van der Waals surface area contributed by atoms with Gasteiger partial charge >= 0.3 is 0 Å². The van der Waals surface area contributed by atoms with Crippen LogP contribution in [0.1, 0.15) is 104 Å². The summed E-state index contributed by atoms with van der Waals surface area (Å²) in [6.07, 6.45) is 11.7. The monoisotopic (exact) mass is 478 g/mol. The van der Waals surface area contributed by atoms with Crippen molar-refractivity contribution in [2.24, 2.45) is 7.05 Å². The van der Waals surface area contributed by atoms with Crippen molar-refractivity contribution in [3.8, 4) is 0 Å². The summed E-state index contributed by atoms with van der Waals surface area (Å²) in [5.74, 6) is 1.51. The predicted molar refractivity (Wildman–Crippen MR) is 134 cm³/mol. The Balaban J connectivity index is 1.26. The Morgan fingerprint density at radius 2 is 1.69 bits per heavy atom. The van der Waals surface area contributed by atoms with Crippen LogP contribution in [-0.2, 0) is 11.8 Å². The van der Waals surface area contributed by atoms with Crippen molar-refractivity contribution in [3.05, 3.63) is 29.1 Å². The number of aliphatic hydroxyl groups is 1. The minimum absolute atomic E-state index is 0.0173. The highest BCUT2D eigenvalue weighted by atomic mass is 16.3. The number of fused-ring (bicyclic) bond motifs is 1. The lowest BCUT2D eigenvalue weighted by Crippen LogP contribution is -2.56. The number of hydrogen-bond acceptors (Lipinski definition) is 4. The van der Waals surface area contributed by atoms with Gasteiger partial charge in [0.05, 0.1) is 17.1 Å². The quantitative estimate of drug-likeness (QED) is 0.718. The van der Waals surface area contributed by atoms with E-state index in [9.17, 15) is 14.7 Å². The number of benzene rings is 1. The van der Waals surface area contributed by atoms with E-state index in [0.717, 1.165) is 36.7 Å². The highest BCUT2D eigenvalue weighted by molar-refractivity contribution is 5.98. The van der Waals surface area contributed by atoms with Crippen molar-refractivity contribution in [2.45, 2.75) is 94.6 Å². The molecule has 7 heteroatoms. The van der Waals surface area contributed by atoms with E-state index in [2.05, 4.69) is 12.1 Å². The van der Waals surface area contributed by atoms with Crippen molar-refractivity contribution in [1.29, 1.82) is 0 Å². The second kappa shape index (κ2) is 9.23. The second-order valence-electron chi connectivity index (χ2n) is 11.4. The van der Waals surface area contributed by atoms with Crippen molar-refractivity contribution >= 4 is 22.8 Å². The number of aliphatic hydroxyl groups excluding tert-OH is 1. The molecule has 1 aromatic carbocycles. The lowest BCUT2D eigenvalue weighted by Gasteiger charge is -2.41. The number of aromatic nitrogens is 2. The fraction of sp³-hybridized carbons (Fsp3) is 0.679. The number of piperazine rings is 1. The maximum absolute atomic E-state index is 13.6. The van der Waals surface area contributed by atoms with Crippen LogP contribution in [0.4, 0.5) is 0 Å². The summed E-state index contributed by atoms with van der Waals surface area (Å²) in [4.78, 5) is 35.2. The Hall–Kier alpha value is -2.41. The molecule has 0 radical (unpaired) electrons. The highest BCUT2D eigenvalue weighted by Gasteiger charge is 2.35. The third-order valence-corrected chi connectivity index (χ3v) is 8.97. The minimum Gasteiger partial charge on any atom is -0.393 e. The fourth-order valence-electron chi connectivity index (χ4n) is 6.66. The third-order valence-electron chi connectivity index (χ3n) is 8.97. The Morgan fingerprint density at radius 1 is 0.943 bits per heavy atom. The van der Waals surface area contributed by atoms with Gasteiger partial charge in [-0.3, -0.25) is 9.59 Å². The van der Waals surface area contributed by atoms with Crippen LogP contribution in [0.25, 0.3) is 11.0 Å². The van der Waals surface area contributed by atoms with Gasteiger partial charge in [0.1, 0.15) is 6.54 Å². The molecule has 35 heavy (non-hydrogen) atoms. The number of aryl methyl sites for hydroxylation is 1. The SMILES string of the molecule is Cn1c(C(=O)N2CCN(C3CCC(O)CC3)C(=O)C2)nc2c(C3CCCCC3)cc(C3CC3)cc21. The zero-order chi connectivity index (χ0) is 24.1. The van der Waals surface area contributed by atoms with Gasteiger partial charge in [-0.1, -0.05) is 25.3 Å². The van der Waals surface area contributed by atoms with Crippen molar-refractivity contribution < 1.29 is 14.7 Å². The van der Waals surface area contributed by atoms with E-state index >= 15 is 0 Å². The second-order valence-corrected chi connectivity index (χ2v) is 11.4. The van der Waals surface area contributed by atoms with E-state index in [4.69, 9.17) is 4.98 Å². The Kier molecular flexibility index (Phi) is 6.07. The zero-order valence-corrected chi connectivity index (χ0v) is 20.9. The first-order valence-electron chi connectivity index (χ1n) is 13.8. The van der Waals surface area contributed by atoms with Crippen molar-refractivity contribution in [1.82, 2.24) is 19.4 Å². The van der Waals surface area contributed by atoms with Crippen LogP contribution in [-0.4, -0.2) is 68.1 Å². The van der Waals surface area contributed by atoms with Gasteiger partial charge in [0.15, 0.2) is 5.82 Å². The van der Waals surface area contributed by atoms with E-state index < -0.39 is 0 Å². The lowest BCUT2D eigenvalue weighted by molar-refractivity contribution is -0.138. The summed E-state index contributed by atoms with van der Waals surface area (Å²) < 4.78 is 1.97. The number of carbonyl (C=O) groups is 2. The topological polar surface area (TPSA) is 78.7 Å². The van der Waals surface area contributed by atoms with Gasteiger partial charge in [0.2, 0.25) is 5.91 Å². The number of rotatable bonds is 4. The van der Waals surface area contributed by atoms with Gasteiger partial charge in [0, 0.05) is 26.2 Å². The minimum atomic E-state index is -0.235. The van der Waals surface area contributed by atoms with E-state index in [1.165, 1.54) is 56.1 Å². The van der Waals surface area contributed by atoms with Crippen LogP contribution < -0.4 is 0 Å². The van der Waals surface area contributed by atoms with Crippen LogP contribution in [0.3, 0.4) is 0 Å². The maximum atomic E-state index is 13.6. The largest absolute Gasteiger partial charge is 0.393 e. The first-order chi connectivity index (χ1) is 17.0. The number of hydrogen-bond donors (Lipinski definition) is 1. The van der Waals surface area contributed by atoms with Crippen molar-refractivity contribution in [2.75, 3.05) is 19.6 Å². The van der Waals surface area contributed by atoms with Crippen molar-refractivity contribution in [3.63, 3.8) is 0 Å². The molecule has 1 aliphatic heterocycles. The molecule has 2 aromatic rings. The molecule has 0 bridgehead atoms. The first-order valence-corrected chi connectivity index (χ1v) is 13.8. The molecule has 3 saturated carbocycles. The van der Waals surface area contributed by atoms with Crippen LogP contribution in [0.2, 0.25) is 0 Å². The average molecular weight is 479 g/mol. The van der Waals surface area contributed by atoms with Gasteiger partial charge in [-0.15, -0.1) is 0 Å². The zero-order valence-electron chi connectivity index (χ0n) is 20.9. The van der Waals surface area contributed by atoms with Gasteiger partial charge in [-0.05, 0) is 80.4 Å². The molecule has 1 aromatic heterocycles. The number of carbonyl (C=O) groups excluding carboxylic acids is 2. The molecule has 0 unspecified atom stereocenters. The standard InChI is InChI=1S/C28H38N4O3/c1-30-24-16-20(18-7-8-18)15-23(19-5-3-2-4-6-19)26(24)29-27(30)28(35)31-13-14-32(25(34)17-31)21-9-11-22(33)12-10-21/h15-16,18-19,21-22,33H,2-14,17H2,1H3. The summed E-state index contributed by atoms with van der Waals surface area (Å²) in [5, 5.41) is 9.81. The van der Waals surface area contributed by atoms with Gasteiger partial charge in [0.25, 0.3) is 5.91 Å². The molecule has 0 spiro atoms. The van der Waals surface area contributed by atoms with Crippen LogP contribution in [0, 0.1) is 0 Å². The Labute approximate surface area is 207 Å². The summed E-state index contributed by atoms with van der Waals surface area (Å²) in [7, 11) is 1.95. The molecule has 3 aliphatic carbocycles. The molecule has 2 heterocycles. The molecule has 4 aliphatic rings. The molecule has 4 fully saturated rings. The molecule has 2 amide bonds. The van der Waals surface area contributed by atoms with Crippen LogP contribution in [0.15, 0.2) is 12.1 Å². The number of imidazole rings is 1. The summed E-state index contributed by atoms with van der Waals surface area (Å²) in [6, 6.07) is 4.84. The third kappa shape index (κ3) is 4.37. The van der Waals surface area contributed by atoms with E-state index in [1.54, 1.807) is 4.90 Å². The Bertz CT molecular complexity index is 1120. The van der Waals surface area contributed by atoms with E-state index in [0.29, 0.717) is 30.7 Å². The maximum Gasteiger partial charge on any atom is 0.290 e. The molecular formula is C28H38N4O3. The predicted octanol–water partition coefficient (Wildman–Crippen LogP) is 4.09. The smallest absolute Gasteiger partial charge is 0.290 e. The van der Waals surface area contributed by atoms with Gasteiger partial charge in [-0.25, -0.2) is 4.98 Å². The van der Waals surface area contributed by atoms with Gasteiger partial charge in [-0.2, -0.15) is 0 Å². The summed E-state index contributed by atoms with van der Waals surface area (Å²) >= 11 is 0. The Morgan fingerprint density at radius 3 is 2.37 bits per heavy atom. The molecule has 188 valence electrons. The normalized spacial score (nSPS) is 26.5.